The van der Waals surface area contributed by atoms with Crippen LogP contribution in [-0.4, -0.2) is 11.0 Å². The number of nitrogens with one attached hydrogen (secondary N) is 1. The van der Waals surface area contributed by atoms with Crippen LogP contribution in [0.2, 0.25) is 0 Å². The van der Waals surface area contributed by atoms with Gasteiger partial charge in [-0.25, -0.2) is 0 Å². The Morgan fingerprint density at radius 3 is 1.94 bits per heavy atom. The number of anilines is 1. The van der Waals surface area contributed by atoms with Gasteiger partial charge >= 0.3 is 11.0 Å². The molecule has 0 amide bonds. The van der Waals surface area contributed by atoms with E-state index in [1.54, 1.807) is 0 Å². The van der Waals surface area contributed by atoms with Crippen molar-refractivity contribution in [3.05, 3.63) is 18.2 Å². The Labute approximate surface area is 106 Å². The number of hydrogen-bond donors (Lipinski definition) is 2. The number of benzene rings is 1. The summed E-state index contributed by atoms with van der Waals surface area (Å²) in [6.45, 7) is 0. The highest BCUT2D eigenvalue weighted by atomic mass is 32.2. The fourth-order valence-corrected chi connectivity index (χ4v) is 2.36. The zero-order valence-electron chi connectivity index (χ0n) is 8.39. The summed E-state index contributed by atoms with van der Waals surface area (Å²) in [4.78, 5) is -0.757. The Balaban J connectivity index is 3.02. The number of alkyl halides is 6. The lowest BCUT2D eigenvalue weighted by Crippen LogP contribution is -2.09. The van der Waals surface area contributed by atoms with Crippen molar-refractivity contribution in [3.63, 3.8) is 0 Å². The van der Waals surface area contributed by atoms with Crippen molar-refractivity contribution in [3.8, 4) is 0 Å². The van der Waals surface area contributed by atoms with E-state index in [0.717, 1.165) is 18.2 Å². The highest BCUT2D eigenvalue weighted by molar-refractivity contribution is 8.01. The van der Waals surface area contributed by atoms with Gasteiger partial charge in [0.25, 0.3) is 0 Å². The quantitative estimate of drug-likeness (QED) is 0.380. The van der Waals surface area contributed by atoms with E-state index in [4.69, 9.17) is 5.84 Å². The van der Waals surface area contributed by atoms with E-state index in [1.165, 1.54) is 0 Å². The summed E-state index contributed by atoms with van der Waals surface area (Å²) in [5, 5.41) is 0. The molecule has 0 heterocycles. The Bertz CT molecular complexity index is 417. The Hall–Kier alpha value is -0.740. The molecule has 0 saturated carbocycles. The molecule has 1 aromatic rings. The topological polar surface area (TPSA) is 38.0 Å². The summed E-state index contributed by atoms with van der Waals surface area (Å²) in [7, 11) is 0. The first-order valence-electron chi connectivity index (χ1n) is 4.23. The fraction of sp³-hybridized carbons (Fsp3) is 0.250. The molecule has 1 aromatic carbocycles. The number of hydrogen-bond acceptors (Lipinski definition) is 4. The lowest BCUT2D eigenvalue weighted by molar-refractivity contribution is -0.0334. The number of nitrogen functional groups attached to an aromatic ring is 1. The van der Waals surface area contributed by atoms with Crippen LogP contribution in [0.5, 0.6) is 0 Å². The molecule has 0 unspecified atom stereocenters. The number of halogens is 6. The van der Waals surface area contributed by atoms with Crippen LogP contribution in [-0.2, 0) is 0 Å². The van der Waals surface area contributed by atoms with Gasteiger partial charge in [-0.15, -0.1) is 0 Å². The molecule has 0 radical (unpaired) electrons. The molecule has 0 aliphatic rings. The number of rotatable bonds is 3. The first-order valence-corrected chi connectivity index (χ1v) is 5.86. The van der Waals surface area contributed by atoms with Crippen molar-refractivity contribution < 1.29 is 26.3 Å². The van der Waals surface area contributed by atoms with Crippen LogP contribution >= 0.6 is 23.5 Å². The Morgan fingerprint density at radius 1 is 0.944 bits per heavy atom. The summed E-state index contributed by atoms with van der Waals surface area (Å²) in [6.07, 6.45) is 0. The predicted molar refractivity (Wildman–Crippen MR) is 58.1 cm³/mol. The molecular formula is C8H6F6N2S2. The van der Waals surface area contributed by atoms with Crippen LogP contribution in [0.3, 0.4) is 0 Å². The number of hydrazine groups is 1. The standard InChI is InChI=1S/C8H6F6N2S2/c9-7(10,11)17-4-1-2-5(16-15)6(3-4)18-8(12,13)14/h1-3,16H,15H2. The van der Waals surface area contributed by atoms with Crippen molar-refractivity contribution in [2.45, 2.75) is 20.8 Å². The maximum absolute atomic E-state index is 12.2. The fourth-order valence-electron chi connectivity index (χ4n) is 1.03. The van der Waals surface area contributed by atoms with Crippen molar-refractivity contribution in [2.24, 2.45) is 5.84 Å². The van der Waals surface area contributed by atoms with Crippen molar-refractivity contribution in [1.29, 1.82) is 0 Å². The second-order valence-electron chi connectivity index (χ2n) is 2.90. The SMILES string of the molecule is NNc1ccc(SC(F)(F)F)cc1SC(F)(F)F. The van der Waals surface area contributed by atoms with Crippen LogP contribution in [0.4, 0.5) is 32.0 Å². The maximum Gasteiger partial charge on any atom is 0.446 e. The second kappa shape index (κ2) is 5.49. The van der Waals surface area contributed by atoms with Gasteiger partial charge in [-0.3, -0.25) is 5.84 Å². The van der Waals surface area contributed by atoms with Gasteiger partial charge in [-0.05, 0) is 41.7 Å². The summed E-state index contributed by atoms with van der Waals surface area (Å²) in [5.74, 6) is 4.99. The molecule has 0 bridgehead atoms. The monoisotopic (exact) mass is 308 g/mol. The van der Waals surface area contributed by atoms with E-state index in [9.17, 15) is 26.3 Å². The van der Waals surface area contributed by atoms with Crippen LogP contribution in [0.1, 0.15) is 0 Å². The minimum atomic E-state index is -4.60. The van der Waals surface area contributed by atoms with Gasteiger partial charge in [0.2, 0.25) is 0 Å². The minimum absolute atomic E-state index is 0.0937. The summed E-state index contributed by atoms with van der Waals surface area (Å²) in [6, 6.07) is 2.88. The Morgan fingerprint density at radius 2 is 1.50 bits per heavy atom. The van der Waals surface area contributed by atoms with Crippen LogP contribution in [0, 0.1) is 0 Å². The average Bonchev–Trinajstić information content (AvgIpc) is 2.12. The van der Waals surface area contributed by atoms with Crippen LogP contribution in [0.15, 0.2) is 28.0 Å². The molecule has 3 N–H and O–H groups in total. The normalized spacial score (nSPS) is 12.6. The summed E-state index contributed by atoms with van der Waals surface area (Å²) >= 11 is -1.02. The van der Waals surface area contributed by atoms with E-state index in [2.05, 4.69) is 0 Å². The van der Waals surface area contributed by atoms with Gasteiger partial charge in [-0.1, -0.05) is 0 Å². The highest BCUT2D eigenvalue weighted by Gasteiger charge is 2.32. The van der Waals surface area contributed by atoms with Crippen molar-refractivity contribution in [2.75, 3.05) is 5.43 Å². The molecule has 0 aliphatic carbocycles. The zero-order chi connectivity index (χ0) is 14.0. The number of thioether (sulfide) groups is 2. The molecule has 0 fully saturated rings. The highest BCUT2D eigenvalue weighted by Crippen LogP contribution is 2.44. The molecule has 0 aromatic heterocycles. The molecule has 18 heavy (non-hydrogen) atoms. The van der Waals surface area contributed by atoms with E-state index in [-0.39, 0.29) is 10.6 Å². The Kier molecular flexibility index (Phi) is 4.67. The van der Waals surface area contributed by atoms with Gasteiger partial charge in [-0.2, -0.15) is 26.3 Å². The van der Waals surface area contributed by atoms with Gasteiger partial charge in [0.15, 0.2) is 0 Å². The third kappa shape index (κ3) is 5.27. The van der Waals surface area contributed by atoms with E-state index < -0.39 is 39.4 Å². The molecule has 1 rings (SSSR count). The predicted octanol–water partition coefficient (Wildman–Crippen LogP) is 4.20. The zero-order valence-corrected chi connectivity index (χ0v) is 10.0. The van der Waals surface area contributed by atoms with E-state index in [1.807, 2.05) is 5.43 Å². The molecule has 0 atom stereocenters. The van der Waals surface area contributed by atoms with E-state index >= 15 is 0 Å². The van der Waals surface area contributed by atoms with Gasteiger partial charge < -0.3 is 5.43 Å². The largest absolute Gasteiger partial charge is 0.446 e. The lowest BCUT2D eigenvalue weighted by atomic mass is 10.3. The molecule has 0 saturated heterocycles. The minimum Gasteiger partial charge on any atom is -0.323 e. The molecule has 0 aliphatic heterocycles. The number of nitrogens with two attached hydrogens (primary N) is 1. The van der Waals surface area contributed by atoms with E-state index in [0.29, 0.717) is 0 Å². The van der Waals surface area contributed by atoms with Crippen LogP contribution in [0.25, 0.3) is 0 Å². The van der Waals surface area contributed by atoms with Gasteiger partial charge in [0, 0.05) is 9.79 Å². The third-order valence-electron chi connectivity index (χ3n) is 1.57. The lowest BCUT2D eigenvalue weighted by Gasteiger charge is -2.13. The molecule has 0 spiro atoms. The molecular weight excluding hydrogens is 302 g/mol. The molecule has 10 heteroatoms. The van der Waals surface area contributed by atoms with Crippen molar-refractivity contribution >= 4 is 29.2 Å². The smallest absolute Gasteiger partial charge is 0.323 e. The molecule has 2 nitrogen and oxygen atoms in total. The van der Waals surface area contributed by atoms with Gasteiger partial charge in [0.05, 0.1) is 5.69 Å². The summed E-state index contributed by atoms with van der Waals surface area (Å²) < 4.78 is 72.8. The molecule has 102 valence electrons. The summed E-state index contributed by atoms with van der Waals surface area (Å²) in [5.41, 5.74) is -7.26. The first kappa shape index (κ1) is 15.3. The average molecular weight is 308 g/mol. The van der Waals surface area contributed by atoms with Gasteiger partial charge in [0.1, 0.15) is 0 Å². The maximum atomic E-state index is 12.2. The van der Waals surface area contributed by atoms with Crippen LogP contribution < -0.4 is 11.3 Å². The van der Waals surface area contributed by atoms with Crippen molar-refractivity contribution in [1.82, 2.24) is 0 Å². The first-order chi connectivity index (χ1) is 8.11. The second-order valence-corrected chi connectivity index (χ2v) is 5.14. The third-order valence-corrected chi connectivity index (χ3v) is 3.08.